The van der Waals surface area contributed by atoms with Crippen molar-refractivity contribution >= 4 is 43.4 Å². The molecule has 4 heteroatoms. The quantitative estimate of drug-likeness (QED) is 0.157. The summed E-state index contributed by atoms with van der Waals surface area (Å²) >= 11 is 0. The summed E-state index contributed by atoms with van der Waals surface area (Å²) in [4.78, 5) is 19.4. The lowest BCUT2D eigenvalue weighted by atomic mass is 9.82. The molecule has 64 heavy (non-hydrogen) atoms. The van der Waals surface area contributed by atoms with Gasteiger partial charge in [0, 0.05) is 34.3 Å². The van der Waals surface area contributed by atoms with E-state index in [-0.39, 0.29) is 0 Å². The molecule has 13 rings (SSSR count). The maximum absolute atomic E-state index is 5.14. The van der Waals surface area contributed by atoms with Gasteiger partial charge in [0.2, 0.25) is 0 Å². The summed E-state index contributed by atoms with van der Waals surface area (Å²) in [6, 6.07) is 73.9. The zero-order chi connectivity index (χ0) is 42.1. The van der Waals surface area contributed by atoms with E-state index in [1.807, 2.05) is 42.7 Å². The molecule has 1 aliphatic rings. The normalized spacial score (nSPS) is 11.8. The van der Waals surface area contributed by atoms with E-state index >= 15 is 0 Å². The van der Waals surface area contributed by atoms with Crippen LogP contribution >= 0.6 is 0 Å². The molecule has 0 saturated heterocycles. The van der Waals surface area contributed by atoms with Crippen molar-refractivity contribution in [2.45, 2.75) is 0 Å². The highest BCUT2D eigenvalue weighted by Gasteiger charge is 2.31. The number of nitrogens with zero attached hydrogens (tertiary/aromatic N) is 4. The second-order valence-electron chi connectivity index (χ2n) is 16.5. The standard InChI is InChI=1S/C60H36N4/c1-2-11-40(12-3-1)54-46-14-4-5-15-47(46)55(41-27-25-38(26-28-41)50-19-9-20-53(63-50)52-18-6-7-35-61-52)58-49-33-32-44(45-16-8-17-48(56(45)49)57(54)58)37-21-23-39(24-22-37)51-34-31-43-30-29-42-13-10-36-62-59(42)60(43)64-51/h1-36H. The Labute approximate surface area is 369 Å². The third-order valence-electron chi connectivity index (χ3n) is 12.9. The van der Waals surface area contributed by atoms with Crippen LogP contribution in [0.4, 0.5) is 0 Å². The third-order valence-corrected chi connectivity index (χ3v) is 12.9. The van der Waals surface area contributed by atoms with Gasteiger partial charge in [0.1, 0.15) is 0 Å². The van der Waals surface area contributed by atoms with Crippen molar-refractivity contribution in [2.75, 3.05) is 0 Å². The Bertz CT molecular complexity index is 3800. The van der Waals surface area contributed by atoms with Crippen LogP contribution in [0, 0.1) is 0 Å². The molecule has 4 nitrogen and oxygen atoms in total. The maximum atomic E-state index is 5.14. The Balaban J connectivity index is 0.966. The molecule has 0 aliphatic heterocycles. The highest BCUT2D eigenvalue weighted by Crippen LogP contribution is 2.58. The fourth-order valence-corrected chi connectivity index (χ4v) is 10.0. The van der Waals surface area contributed by atoms with E-state index in [4.69, 9.17) is 9.97 Å². The third kappa shape index (κ3) is 5.70. The molecule has 4 aromatic heterocycles. The van der Waals surface area contributed by atoms with Gasteiger partial charge in [-0.25, -0.2) is 9.97 Å². The van der Waals surface area contributed by atoms with E-state index in [0.29, 0.717) is 0 Å². The van der Waals surface area contributed by atoms with Crippen molar-refractivity contribution in [3.05, 3.63) is 219 Å². The minimum Gasteiger partial charge on any atom is -0.255 e. The number of hydrogen-bond donors (Lipinski definition) is 0. The summed E-state index contributed by atoms with van der Waals surface area (Å²) in [5.41, 5.74) is 19.9. The molecule has 0 radical (unpaired) electrons. The van der Waals surface area contributed by atoms with Crippen LogP contribution in [0.25, 0.3) is 133 Å². The summed E-state index contributed by atoms with van der Waals surface area (Å²) in [5.74, 6) is 0. The lowest BCUT2D eigenvalue weighted by molar-refractivity contribution is 1.25. The minimum absolute atomic E-state index is 0.859. The Morgan fingerprint density at radius 2 is 0.797 bits per heavy atom. The number of benzene rings is 8. The van der Waals surface area contributed by atoms with E-state index < -0.39 is 0 Å². The van der Waals surface area contributed by atoms with Crippen molar-refractivity contribution in [1.82, 2.24) is 19.9 Å². The largest absolute Gasteiger partial charge is 0.255 e. The van der Waals surface area contributed by atoms with Crippen LogP contribution in [0.5, 0.6) is 0 Å². The Morgan fingerprint density at radius 3 is 1.55 bits per heavy atom. The molecular formula is C60H36N4. The predicted molar refractivity (Wildman–Crippen MR) is 265 cm³/mol. The van der Waals surface area contributed by atoms with Crippen molar-refractivity contribution in [3.8, 4) is 89.5 Å². The second kappa shape index (κ2) is 14.5. The average molecular weight is 813 g/mol. The van der Waals surface area contributed by atoms with Crippen molar-refractivity contribution in [1.29, 1.82) is 0 Å². The minimum atomic E-state index is 0.859. The summed E-state index contributed by atoms with van der Waals surface area (Å²) in [6.45, 7) is 0. The van der Waals surface area contributed by atoms with Gasteiger partial charge in [-0.15, -0.1) is 0 Å². The molecule has 0 N–H and O–H groups in total. The van der Waals surface area contributed by atoms with Gasteiger partial charge in [-0.05, 0) is 114 Å². The first-order valence-electron chi connectivity index (χ1n) is 21.7. The molecule has 0 unspecified atom stereocenters. The average Bonchev–Trinajstić information content (AvgIpc) is 3.70. The number of aromatic nitrogens is 4. The molecule has 0 fully saturated rings. The second-order valence-corrected chi connectivity index (χ2v) is 16.5. The molecule has 0 saturated carbocycles. The van der Waals surface area contributed by atoms with Gasteiger partial charge >= 0.3 is 0 Å². The van der Waals surface area contributed by atoms with Crippen molar-refractivity contribution < 1.29 is 0 Å². The first-order valence-corrected chi connectivity index (χ1v) is 21.7. The molecule has 1 aliphatic carbocycles. The Morgan fingerprint density at radius 1 is 0.250 bits per heavy atom. The van der Waals surface area contributed by atoms with Gasteiger partial charge in [-0.1, -0.05) is 170 Å². The monoisotopic (exact) mass is 812 g/mol. The van der Waals surface area contributed by atoms with E-state index in [1.54, 1.807) is 0 Å². The van der Waals surface area contributed by atoms with E-state index in [0.717, 1.165) is 55.7 Å². The number of rotatable bonds is 6. The highest BCUT2D eigenvalue weighted by molar-refractivity contribution is 6.28. The van der Waals surface area contributed by atoms with Crippen LogP contribution in [-0.2, 0) is 0 Å². The lowest BCUT2D eigenvalue weighted by Gasteiger charge is -2.20. The zero-order valence-corrected chi connectivity index (χ0v) is 34.6. The topological polar surface area (TPSA) is 51.6 Å². The Kier molecular flexibility index (Phi) is 8.18. The number of fused-ring (bicyclic) bond motifs is 7. The van der Waals surface area contributed by atoms with Gasteiger partial charge in [0.15, 0.2) is 0 Å². The van der Waals surface area contributed by atoms with Gasteiger partial charge < -0.3 is 0 Å². The van der Waals surface area contributed by atoms with Crippen molar-refractivity contribution in [2.24, 2.45) is 0 Å². The number of hydrogen-bond acceptors (Lipinski definition) is 4. The predicted octanol–water partition coefficient (Wildman–Crippen LogP) is 15.5. The van der Waals surface area contributed by atoms with Crippen molar-refractivity contribution in [3.63, 3.8) is 0 Å². The Hall–Kier alpha value is -8.60. The SMILES string of the molecule is c1ccc(-c2c3c(c(-c4ccc(-c5cccc(-c6ccccn6)n5)cc4)c4ccccc24)-c2ccc(-c4ccc(-c5ccc6ccc7cccnc7c6n5)cc4)c4cccc-3c24)cc1. The summed E-state index contributed by atoms with van der Waals surface area (Å²) in [5, 5.41) is 7.18. The van der Waals surface area contributed by atoms with Crippen LogP contribution in [0.15, 0.2) is 219 Å². The van der Waals surface area contributed by atoms with E-state index in [2.05, 4.69) is 186 Å². The molecule has 0 spiro atoms. The smallest absolute Gasteiger partial charge is 0.0972 e. The summed E-state index contributed by atoms with van der Waals surface area (Å²) in [6.07, 6.45) is 3.65. The molecule has 4 heterocycles. The maximum Gasteiger partial charge on any atom is 0.0972 e. The molecular weight excluding hydrogens is 777 g/mol. The molecule has 8 aromatic carbocycles. The summed E-state index contributed by atoms with van der Waals surface area (Å²) in [7, 11) is 0. The first kappa shape index (κ1) is 36.1. The molecule has 0 amide bonds. The molecule has 296 valence electrons. The highest BCUT2D eigenvalue weighted by atomic mass is 14.8. The van der Waals surface area contributed by atoms with Crippen LogP contribution in [0.1, 0.15) is 0 Å². The zero-order valence-electron chi connectivity index (χ0n) is 34.6. The van der Waals surface area contributed by atoms with Gasteiger partial charge in [0.25, 0.3) is 0 Å². The van der Waals surface area contributed by atoms with Crippen LogP contribution in [0.2, 0.25) is 0 Å². The fourth-order valence-electron chi connectivity index (χ4n) is 10.0. The number of pyridine rings is 4. The van der Waals surface area contributed by atoms with Gasteiger partial charge in [-0.2, -0.15) is 0 Å². The van der Waals surface area contributed by atoms with Gasteiger partial charge in [0.05, 0.1) is 33.8 Å². The van der Waals surface area contributed by atoms with Crippen LogP contribution in [0.3, 0.4) is 0 Å². The summed E-state index contributed by atoms with van der Waals surface area (Å²) < 4.78 is 0. The lowest BCUT2D eigenvalue weighted by Crippen LogP contribution is -1.94. The van der Waals surface area contributed by atoms with Gasteiger partial charge in [-0.3, -0.25) is 9.97 Å². The van der Waals surface area contributed by atoms with Crippen LogP contribution < -0.4 is 0 Å². The first-order chi connectivity index (χ1) is 31.7. The fraction of sp³-hybridized carbons (Fsp3) is 0. The molecule has 12 aromatic rings. The molecule has 0 atom stereocenters. The van der Waals surface area contributed by atoms with Crippen LogP contribution in [-0.4, -0.2) is 19.9 Å². The van der Waals surface area contributed by atoms with E-state index in [1.165, 1.54) is 77.2 Å². The van der Waals surface area contributed by atoms with E-state index in [9.17, 15) is 0 Å². The molecule has 0 bridgehead atoms.